The Bertz CT molecular complexity index is 186. The van der Waals surface area contributed by atoms with Crippen molar-refractivity contribution in [1.29, 1.82) is 0 Å². The Morgan fingerprint density at radius 1 is 1.85 bits per heavy atom. The van der Waals surface area contributed by atoms with Crippen LogP contribution in [0.1, 0.15) is 6.92 Å². The smallest absolute Gasteiger partial charge is 0.237 e. The second-order valence-electron chi connectivity index (χ2n) is 3.35. The van der Waals surface area contributed by atoms with E-state index in [1.54, 1.807) is 0 Å². The van der Waals surface area contributed by atoms with Gasteiger partial charge in [0.1, 0.15) is 0 Å². The summed E-state index contributed by atoms with van der Waals surface area (Å²) in [6.07, 6.45) is -0.534. The lowest BCUT2D eigenvalue weighted by Gasteiger charge is -2.33. The van der Waals surface area contributed by atoms with E-state index in [0.717, 1.165) is 6.54 Å². The SMILES string of the molecule is CC1C(=O)NCCN1CC(O)CN. The minimum Gasteiger partial charge on any atom is -0.390 e. The third-order valence-electron chi connectivity index (χ3n) is 2.34. The van der Waals surface area contributed by atoms with Crippen molar-refractivity contribution >= 4 is 5.91 Å². The van der Waals surface area contributed by atoms with Crippen molar-refractivity contribution in [2.75, 3.05) is 26.2 Å². The zero-order valence-corrected chi connectivity index (χ0v) is 7.86. The Hall–Kier alpha value is -0.650. The van der Waals surface area contributed by atoms with Crippen molar-refractivity contribution in [3.63, 3.8) is 0 Å². The van der Waals surface area contributed by atoms with Gasteiger partial charge in [-0.3, -0.25) is 9.69 Å². The third kappa shape index (κ3) is 2.65. The molecule has 0 aliphatic carbocycles. The first kappa shape index (κ1) is 10.4. The Kier molecular flexibility index (Phi) is 3.65. The molecule has 0 spiro atoms. The molecule has 4 N–H and O–H groups in total. The number of carbonyl (C=O) groups excluding carboxylic acids is 1. The summed E-state index contributed by atoms with van der Waals surface area (Å²) in [4.78, 5) is 13.1. The minimum atomic E-state index is -0.534. The van der Waals surface area contributed by atoms with Crippen molar-refractivity contribution in [2.45, 2.75) is 19.1 Å². The number of hydrogen-bond donors (Lipinski definition) is 3. The van der Waals surface area contributed by atoms with E-state index in [0.29, 0.717) is 13.1 Å². The number of piperazine rings is 1. The molecule has 0 aromatic carbocycles. The zero-order chi connectivity index (χ0) is 9.84. The molecule has 5 heteroatoms. The van der Waals surface area contributed by atoms with E-state index in [1.165, 1.54) is 0 Å². The molecule has 0 aromatic heterocycles. The van der Waals surface area contributed by atoms with Gasteiger partial charge in [0.05, 0.1) is 12.1 Å². The number of aliphatic hydroxyl groups is 1. The first-order chi connectivity index (χ1) is 6.15. The Labute approximate surface area is 77.9 Å². The Balaban J connectivity index is 2.43. The predicted molar refractivity (Wildman–Crippen MR) is 49.1 cm³/mol. The molecule has 0 saturated carbocycles. The van der Waals surface area contributed by atoms with Crippen molar-refractivity contribution in [2.24, 2.45) is 5.73 Å². The van der Waals surface area contributed by atoms with Gasteiger partial charge in [0, 0.05) is 26.2 Å². The van der Waals surface area contributed by atoms with Crippen LogP contribution in [0.15, 0.2) is 0 Å². The van der Waals surface area contributed by atoms with Gasteiger partial charge in [-0.2, -0.15) is 0 Å². The number of β-amino-alcohol motifs (C(OH)–C–C–N with tert-alkyl or cyclic N) is 1. The number of nitrogens with one attached hydrogen (secondary N) is 1. The maximum atomic E-state index is 11.2. The molecule has 13 heavy (non-hydrogen) atoms. The highest BCUT2D eigenvalue weighted by molar-refractivity contribution is 5.81. The molecule has 1 aliphatic heterocycles. The lowest BCUT2D eigenvalue weighted by Crippen LogP contribution is -2.56. The highest BCUT2D eigenvalue weighted by Gasteiger charge is 2.26. The summed E-state index contributed by atoms with van der Waals surface area (Å²) >= 11 is 0. The van der Waals surface area contributed by atoms with E-state index >= 15 is 0 Å². The average molecular weight is 187 g/mol. The molecule has 0 radical (unpaired) electrons. The number of amides is 1. The van der Waals surface area contributed by atoms with E-state index in [9.17, 15) is 9.90 Å². The van der Waals surface area contributed by atoms with Gasteiger partial charge in [0.25, 0.3) is 0 Å². The largest absolute Gasteiger partial charge is 0.390 e. The van der Waals surface area contributed by atoms with Crippen LogP contribution in [0.4, 0.5) is 0 Å². The predicted octanol–water partition coefficient (Wildman–Crippen LogP) is -1.87. The third-order valence-corrected chi connectivity index (χ3v) is 2.34. The van der Waals surface area contributed by atoms with Gasteiger partial charge in [-0.25, -0.2) is 0 Å². The number of nitrogens with zero attached hydrogens (tertiary/aromatic N) is 1. The summed E-state index contributed by atoms with van der Waals surface area (Å²) in [5.74, 6) is 0.0236. The Morgan fingerprint density at radius 2 is 2.54 bits per heavy atom. The van der Waals surface area contributed by atoms with E-state index in [-0.39, 0.29) is 18.5 Å². The fraction of sp³-hybridized carbons (Fsp3) is 0.875. The van der Waals surface area contributed by atoms with Gasteiger partial charge >= 0.3 is 0 Å². The highest BCUT2D eigenvalue weighted by Crippen LogP contribution is 2.04. The van der Waals surface area contributed by atoms with Crippen LogP contribution in [-0.2, 0) is 4.79 Å². The lowest BCUT2D eigenvalue weighted by atomic mass is 10.2. The molecule has 0 bridgehead atoms. The van der Waals surface area contributed by atoms with E-state index in [2.05, 4.69) is 5.32 Å². The monoisotopic (exact) mass is 187 g/mol. The molecule has 1 saturated heterocycles. The first-order valence-corrected chi connectivity index (χ1v) is 4.55. The molecule has 1 amide bonds. The Morgan fingerprint density at radius 3 is 3.15 bits per heavy atom. The lowest BCUT2D eigenvalue weighted by molar-refractivity contribution is -0.128. The van der Waals surface area contributed by atoms with Gasteiger partial charge in [-0.15, -0.1) is 0 Å². The fourth-order valence-corrected chi connectivity index (χ4v) is 1.42. The standard InChI is InChI=1S/C8H17N3O2/c1-6-8(13)10-2-3-11(6)5-7(12)4-9/h6-7,12H,2-5,9H2,1H3,(H,10,13). The van der Waals surface area contributed by atoms with Crippen molar-refractivity contribution in [3.8, 4) is 0 Å². The molecule has 2 unspecified atom stereocenters. The molecule has 1 rings (SSSR count). The summed E-state index contributed by atoms with van der Waals surface area (Å²) in [7, 11) is 0. The van der Waals surface area contributed by atoms with Crippen LogP contribution in [0.3, 0.4) is 0 Å². The van der Waals surface area contributed by atoms with Crippen LogP contribution in [0.25, 0.3) is 0 Å². The van der Waals surface area contributed by atoms with Crippen molar-refractivity contribution < 1.29 is 9.90 Å². The number of aliphatic hydroxyl groups excluding tert-OH is 1. The van der Waals surface area contributed by atoms with Crippen LogP contribution < -0.4 is 11.1 Å². The normalized spacial score (nSPS) is 27.0. The molecular weight excluding hydrogens is 170 g/mol. The minimum absolute atomic E-state index is 0.0236. The van der Waals surface area contributed by atoms with E-state index in [4.69, 9.17) is 5.73 Å². The maximum absolute atomic E-state index is 11.2. The van der Waals surface area contributed by atoms with Gasteiger partial charge < -0.3 is 16.2 Å². The van der Waals surface area contributed by atoms with Crippen LogP contribution in [0.5, 0.6) is 0 Å². The van der Waals surface area contributed by atoms with E-state index in [1.807, 2.05) is 11.8 Å². The molecular formula is C8H17N3O2. The van der Waals surface area contributed by atoms with Gasteiger partial charge in [0.15, 0.2) is 0 Å². The van der Waals surface area contributed by atoms with E-state index < -0.39 is 6.10 Å². The average Bonchev–Trinajstić information content (AvgIpc) is 2.13. The maximum Gasteiger partial charge on any atom is 0.237 e. The fourth-order valence-electron chi connectivity index (χ4n) is 1.42. The topological polar surface area (TPSA) is 78.6 Å². The molecule has 5 nitrogen and oxygen atoms in total. The number of carbonyl (C=O) groups is 1. The summed E-state index contributed by atoms with van der Waals surface area (Å²) in [6.45, 7) is 3.98. The highest BCUT2D eigenvalue weighted by atomic mass is 16.3. The number of rotatable bonds is 3. The molecule has 1 aliphatic rings. The second-order valence-corrected chi connectivity index (χ2v) is 3.35. The molecule has 76 valence electrons. The summed E-state index contributed by atoms with van der Waals surface area (Å²) in [6, 6.07) is -0.157. The van der Waals surface area contributed by atoms with Gasteiger partial charge in [-0.1, -0.05) is 0 Å². The van der Waals surface area contributed by atoms with Crippen LogP contribution in [-0.4, -0.2) is 54.2 Å². The quantitative estimate of drug-likeness (QED) is 0.483. The first-order valence-electron chi connectivity index (χ1n) is 4.55. The molecule has 1 fully saturated rings. The summed E-state index contributed by atoms with van der Waals surface area (Å²) < 4.78 is 0. The molecule has 0 aromatic rings. The van der Waals surface area contributed by atoms with Crippen molar-refractivity contribution in [3.05, 3.63) is 0 Å². The van der Waals surface area contributed by atoms with Gasteiger partial charge in [0.2, 0.25) is 5.91 Å². The van der Waals surface area contributed by atoms with Crippen LogP contribution in [0, 0.1) is 0 Å². The molecule has 1 heterocycles. The van der Waals surface area contributed by atoms with Crippen LogP contribution in [0.2, 0.25) is 0 Å². The van der Waals surface area contributed by atoms with Crippen molar-refractivity contribution in [1.82, 2.24) is 10.2 Å². The summed E-state index contributed by atoms with van der Waals surface area (Å²) in [5, 5.41) is 12.1. The van der Waals surface area contributed by atoms with Crippen LogP contribution >= 0.6 is 0 Å². The second kappa shape index (κ2) is 4.55. The summed E-state index contributed by atoms with van der Waals surface area (Å²) in [5.41, 5.74) is 5.29. The number of nitrogens with two attached hydrogens (primary N) is 1. The zero-order valence-electron chi connectivity index (χ0n) is 7.86. The van der Waals surface area contributed by atoms with Gasteiger partial charge in [-0.05, 0) is 6.92 Å². The molecule has 2 atom stereocenters. The number of hydrogen-bond acceptors (Lipinski definition) is 4.